The normalized spacial score (nSPS) is 22.9. The van der Waals surface area contributed by atoms with Crippen LogP contribution in [-0.4, -0.2) is 48.1 Å². The summed E-state index contributed by atoms with van der Waals surface area (Å²) in [5, 5.41) is 5.44. The molecule has 0 aromatic heterocycles. The van der Waals surface area contributed by atoms with Gasteiger partial charge < -0.3 is 10.6 Å². The van der Waals surface area contributed by atoms with Crippen molar-refractivity contribution in [3.63, 3.8) is 0 Å². The van der Waals surface area contributed by atoms with E-state index in [-0.39, 0.29) is 11.7 Å². The molecule has 0 unspecified atom stereocenters. The van der Waals surface area contributed by atoms with E-state index in [0.717, 1.165) is 32.0 Å². The second-order valence-electron chi connectivity index (χ2n) is 6.31. The van der Waals surface area contributed by atoms with Crippen LogP contribution in [0.4, 0.5) is 14.9 Å². The first-order chi connectivity index (χ1) is 11.2. The van der Waals surface area contributed by atoms with Gasteiger partial charge in [0.2, 0.25) is 0 Å². The Morgan fingerprint density at radius 2 is 2.04 bits per heavy atom. The number of piperidine rings is 1. The topological polar surface area (TPSA) is 44.4 Å². The van der Waals surface area contributed by atoms with Crippen LogP contribution >= 0.6 is 11.8 Å². The number of carbonyl (C=O) groups excluding carboxylic acids is 1. The molecule has 0 bridgehead atoms. The highest BCUT2D eigenvalue weighted by molar-refractivity contribution is 7.99. The molecule has 2 heterocycles. The summed E-state index contributed by atoms with van der Waals surface area (Å²) in [4.78, 5) is 14.5. The molecular weight excluding hydrogens is 313 g/mol. The van der Waals surface area contributed by atoms with E-state index in [1.165, 1.54) is 24.0 Å². The minimum Gasteiger partial charge on any atom is -0.338 e. The lowest BCUT2D eigenvalue weighted by Gasteiger charge is -2.35. The molecule has 2 fully saturated rings. The van der Waals surface area contributed by atoms with Crippen molar-refractivity contribution in [2.24, 2.45) is 5.92 Å². The van der Waals surface area contributed by atoms with Crippen molar-refractivity contribution < 1.29 is 9.18 Å². The second kappa shape index (κ2) is 8.02. The van der Waals surface area contributed by atoms with Crippen LogP contribution in [0.15, 0.2) is 24.3 Å². The molecule has 2 saturated heterocycles. The van der Waals surface area contributed by atoms with Crippen molar-refractivity contribution in [3.05, 3.63) is 30.1 Å². The van der Waals surface area contributed by atoms with Gasteiger partial charge in [-0.2, -0.15) is 11.8 Å². The fourth-order valence-electron chi connectivity index (χ4n) is 3.30. The number of rotatable bonds is 4. The number of halogens is 1. The van der Waals surface area contributed by atoms with E-state index in [1.807, 2.05) is 0 Å². The lowest BCUT2D eigenvalue weighted by Crippen LogP contribution is -2.44. The van der Waals surface area contributed by atoms with Crippen LogP contribution < -0.4 is 10.6 Å². The average Bonchev–Trinajstić information content (AvgIpc) is 3.10. The Bertz CT molecular complexity index is 528. The molecule has 1 atom stereocenters. The number of urea groups is 1. The van der Waals surface area contributed by atoms with Crippen LogP contribution in [0.5, 0.6) is 0 Å². The van der Waals surface area contributed by atoms with Gasteiger partial charge >= 0.3 is 6.03 Å². The van der Waals surface area contributed by atoms with Gasteiger partial charge in [-0.25, -0.2) is 9.18 Å². The zero-order valence-electron chi connectivity index (χ0n) is 13.3. The molecule has 2 N–H and O–H groups in total. The molecule has 0 saturated carbocycles. The Morgan fingerprint density at radius 3 is 2.74 bits per heavy atom. The van der Waals surface area contributed by atoms with E-state index in [1.54, 1.807) is 18.2 Å². The maximum absolute atomic E-state index is 13.5. The Labute approximate surface area is 141 Å². The van der Waals surface area contributed by atoms with Crippen LogP contribution in [0, 0.1) is 11.7 Å². The third-order valence-corrected chi connectivity index (χ3v) is 5.89. The van der Waals surface area contributed by atoms with Crippen LogP contribution in [-0.2, 0) is 0 Å². The summed E-state index contributed by atoms with van der Waals surface area (Å²) >= 11 is 2.06. The number of likely N-dealkylation sites (tertiary alicyclic amines) is 1. The van der Waals surface area contributed by atoms with Crippen LogP contribution in [0.2, 0.25) is 0 Å². The number of carbonyl (C=O) groups is 1. The molecule has 3 rings (SSSR count). The molecule has 6 heteroatoms. The Balaban J connectivity index is 1.38. The summed E-state index contributed by atoms with van der Waals surface area (Å²) < 4.78 is 13.5. The fraction of sp³-hybridized carbons (Fsp3) is 0.588. The number of nitrogens with one attached hydrogen (secondary N) is 2. The maximum Gasteiger partial charge on any atom is 0.319 e. The largest absolute Gasteiger partial charge is 0.338 e. The molecule has 2 aliphatic heterocycles. The van der Waals surface area contributed by atoms with E-state index in [2.05, 4.69) is 27.3 Å². The number of amides is 2. The summed E-state index contributed by atoms with van der Waals surface area (Å²) in [6, 6.07) is 6.65. The zero-order chi connectivity index (χ0) is 16.1. The Hall–Kier alpha value is -1.27. The van der Waals surface area contributed by atoms with Gasteiger partial charge in [0, 0.05) is 18.3 Å². The number of nitrogens with zero attached hydrogens (tertiary/aromatic N) is 1. The van der Waals surface area contributed by atoms with Gasteiger partial charge in [-0.1, -0.05) is 12.1 Å². The molecular formula is C17H24FN3OS. The first-order valence-corrected chi connectivity index (χ1v) is 9.49. The lowest BCUT2D eigenvalue weighted by molar-refractivity contribution is 0.143. The molecule has 0 radical (unpaired) electrons. The van der Waals surface area contributed by atoms with Gasteiger partial charge in [0.1, 0.15) is 5.82 Å². The molecule has 1 aromatic carbocycles. The molecule has 0 aliphatic carbocycles. The summed E-state index contributed by atoms with van der Waals surface area (Å²) in [6.07, 6.45) is 3.57. The standard InChI is InChI=1S/C17H24FN3OS/c18-15-3-1-2-4-16(15)20-17(22)19-11-13-5-8-21(9-6-13)14-7-10-23-12-14/h1-4,13-14H,5-12H2,(H2,19,20,22)/t14-/m0/s1. The van der Waals surface area contributed by atoms with Gasteiger partial charge in [-0.15, -0.1) is 0 Å². The third-order valence-electron chi connectivity index (χ3n) is 4.74. The summed E-state index contributed by atoms with van der Waals surface area (Å²) in [7, 11) is 0. The van der Waals surface area contributed by atoms with Crippen molar-refractivity contribution in [1.82, 2.24) is 10.2 Å². The van der Waals surface area contributed by atoms with Gasteiger partial charge in [0.15, 0.2) is 0 Å². The monoisotopic (exact) mass is 337 g/mol. The highest BCUT2D eigenvalue weighted by Crippen LogP contribution is 2.26. The number of hydrogen-bond acceptors (Lipinski definition) is 3. The Morgan fingerprint density at radius 1 is 1.26 bits per heavy atom. The van der Waals surface area contributed by atoms with Gasteiger partial charge in [0.25, 0.3) is 0 Å². The van der Waals surface area contributed by atoms with E-state index in [9.17, 15) is 9.18 Å². The Kier molecular flexibility index (Phi) is 5.78. The molecule has 2 aliphatic rings. The maximum atomic E-state index is 13.5. The highest BCUT2D eigenvalue weighted by atomic mass is 32.2. The number of para-hydroxylation sites is 1. The number of benzene rings is 1. The minimum absolute atomic E-state index is 0.221. The second-order valence-corrected chi connectivity index (χ2v) is 7.46. The zero-order valence-corrected chi connectivity index (χ0v) is 14.1. The smallest absolute Gasteiger partial charge is 0.319 e. The molecule has 0 spiro atoms. The van der Waals surface area contributed by atoms with Crippen molar-refractivity contribution in [1.29, 1.82) is 0 Å². The summed E-state index contributed by atoms with van der Waals surface area (Å²) in [5.74, 6) is 2.67. The lowest BCUT2D eigenvalue weighted by atomic mass is 9.95. The summed E-state index contributed by atoms with van der Waals surface area (Å²) in [6.45, 7) is 2.92. The van der Waals surface area contributed by atoms with Crippen molar-refractivity contribution in [3.8, 4) is 0 Å². The molecule has 2 amide bonds. The van der Waals surface area contributed by atoms with E-state index in [0.29, 0.717) is 12.5 Å². The van der Waals surface area contributed by atoms with E-state index < -0.39 is 5.82 Å². The third kappa shape index (κ3) is 4.61. The predicted molar refractivity (Wildman–Crippen MR) is 93.4 cm³/mol. The first-order valence-electron chi connectivity index (χ1n) is 8.33. The minimum atomic E-state index is -0.412. The number of anilines is 1. The van der Waals surface area contributed by atoms with Crippen molar-refractivity contribution in [2.75, 3.05) is 36.5 Å². The van der Waals surface area contributed by atoms with Crippen molar-refractivity contribution >= 4 is 23.5 Å². The number of thioether (sulfide) groups is 1. The first kappa shape index (κ1) is 16.6. The fourth-order valence-corrected chi connectivity index (χ4v) is 4.55. The van der Waals surface area contributed by atoms with Gasteiger partial charge in [-0.05, 0) is 56.2 Å². The van der Waals surface area contributed by atoms with E-state index in [4.69, 9.17) is 0 Å². The quantitative estimate of drug-likeness (QED) is 0.887. The molecule has 4 nitrogen and oxygen atoms in total. The predicted octanol–water partition coefficient (Wildman–Crippen LogP) is 3.16. The SMILES string of the molecule is O=C(NCC1CCN([C@H]2CCSC2)CC1)Nc1ccccc1F. The van der Waals surface area contributed by atoms with Crippen LogP contribution in [0.25, 0.3) is 0 Å². The average molecular weight is 337 g/mol. The van der Waals surface area contributed by atoms with Gasteiger partial charge in [0.05, 0.1) is 5.69 Å². The molecule has 23 heavy (non-hydrogen) atoms. The molecule has 1 aromatic rings. The van der Waals surface area contributed by atoms with Crippen molar-refractivity contribution in [2.45, 2.75) is 25.3 Å². The summed E-state index contributed by atoms with van der Waals surface area (Å²) in [5.41, 5.74) is 0.221. The van der Waals surface area contributed by atoms with Crippen LogP contribution in [0.3, 0.4) is 0 Å². The van der Waals surface area contributed by atoms with Crippen LogP contribution in [0.1, 0.15) is 19.3 Å². The molecule has 126 valence electrons. The number of hydrogen-bond donors (Lipinski definition) is 2. The highest BCUT2D eigenvalue weighted by Gasteiger charge is 2.27. The van der Waals surface area contributed by atoms with Gasteiger partial charge in [-0.3, -0.25) is 4.90 Å². The van der Waals surface area contributed by atoms with E-state index >= 15 is 0 Å².